The summed E-state index contributed by atoms with van der Waals surface area (Å²) in [5, 5.41) is 3.68. The molecule has 0 fully saturated rings. The van der Waals surface area contributed by atoms with Gasteiger partial charge in [-0.15, -0.1) is 0 Å². The molecule has 0 radical (unpaired) electrons. The number of Topliss-reactive ketones (excluding diaryl/α,β-unsaturated/α-hetero) is 1. The van der Waals surface area contributed by atoms with Crippen molar-refractivity contribution in [3.05, 3.63) is 53.7 Å². The van der Waals surface area contributed by atoms with E-state index in [0.29, 0.717) is 13.0 Å². The Balaban J connectivity index is 0.00000462. The maximum Gasteiger partial charge on any atom is 0.512 e. The van der Waals surface area contributed by atoms with Gasteiger partial charge in [0.25, 0.3) is 5.82 Å². The van der Waals surface area contributed by atoms with Gasteiger partial charge in [-0.1, -0.05) is 18.2 Å². The van der Waals surface area contributed by atoms with Gasteiger partial charge in [-0.3, -0.25) is 4.79 Å². The predicted octanol–water partition coefficient (Wildman–Crippen LogP) is 1.83. The number of ketones is 1. The fraction of sp³-hybridized carbons (Fsp3) is 0.533. The van der Waals surface area contributed by atoms with Crippen molar-refractivity contribution in [1.82, 2.24) is 14.5 Å². The minimum Gasteiger partial charge on any atom is -1.00 e. The van der Waals surface area contributed by atoms with Crippen LogP contribution >= 0.6 is 0 Å². The molecule has 1 aliphatic rings. The number of hydrogen-bond acceptors (Lipinski definition) is 6. The Hall–Kier alpha value is -3.53. The normalized spacial score (nSPS) is 15.2. The highest BCUT2D eigenvalue weighted by Gasteiger charge is 2.34. The molecule has 2 heterocycles. The molecule has 0 bridgehead atoms. The third kappa shape index (κ3) is 7.61. The van der Waals surface area contributed by atoms with Gasteiger partial charge in [0.2, 0.25) is 6.73 Å². The van der Waals surface area contributed by atoms with Crippen LogP contribution in [-0.4, -0.2) is 44.9 Å². The van der Waals surface area contributed by atoms with Gasteiger partial charge in [-0.25, -0.2) is 14.2 Å². The molecule has 1 N–H and O–H groups in total. The number of halogens is 1. The average Bonchev–Trinajstić information content (AvgIpc) is 3.35. The summed E-state index contributed by atoms with van der Waals surface area (Å²) in [4.78, 5) is 37.8. The molecule has 0 saturated heterocycles. The number of benzene rings is 1. The highest BCUT2D eigenvalue weighted by Crippen LogP contribution is 2.34. The number of fused-ring (bicyclic) bond motifs is 3. The number of nitrogens with zero attached hydrogens (tertiary/aromatic N) is 3. The van der Waals surface area contributed by atoms with Gasteiger partial charge in [0, 0.05) is 49.1 Å². The number of aryl methyl sites for hydroxylation is 1. The number of aromatic nitrogens is 3. The highest BCUT2D eigenvalue weighted by molar-refractivity contribution is 6.11. The van der Waals surface area contributed by atoms with Gasteiger partial charge in [-0.2, -0.15) is 4.57 Å². The first kappa shape index (κ1) is 32.0. The zero-order valence-corrected chi connectivity index (χ0v) is 25.7. The van der Waals surface area contributed by atoms with Crippen LogP contribution in [0, 0.1) is 12.8 Å². The van der Waals surface area contributed by atoms with E-state index in [0.717, 1.165) is 40.8 Å². The highest BCUT2D eigenvalue weighted by atomic mass is 35.5. The summed E-state index contributed by atoms with van der Waals surface area (Å²) in [6.45, 7) is 11.6. The molecule has 41 heavy (non-hydrogen) atoms. The first-order valence-corrected chi connectivity index (χ1v) is 13.7. The maximum atomic E-state index is 13.5. The van der Waals surface area contributed by atoms with Crippen LogP contribution in [-0.2, 0) is 41.0 Å². The molecule has 0 saturated carbocycles. The Bertz CT molecular complexity index is 1420. The number of alkyl carbamates (subject to hydrolysis) is 1. The third-order valence-electron chi connectivity index (χ3n) is 7.33. The van der Waals surface area contributed by atoms with Gasteiger partial charge in [0.15, 0.2) is 5.78 Å². The molecule has 1 amide bonds. The topological polar surface area (TPSA) is 105 Å². The number of amides is 1. The minimum absolute atomic E-state index is 0. The molecule has 2 aromatic heterocycles. The number of imidazole rings is 1. The Morgan fingerprint density at radius 1 is 1.12 bits per heavy atom. The van der Waals surface area contributed by atoms with E-state index < -0.39 is 23.5 Å². The second kappa shape index (κ2) is 12.5. The maximum absolute atomic E-state index is 13.5. The van der Waals surface area contributed by atoms with Crippen molar-refractivity contribution >= 4 is 28.9 Å². The van der Waals surface area contributed by atoms with Crippen molar-refractivity contribution in [3.63, 3.8) is 0 Å². The van der Waals surface area contributed by atoms with Crippen LogP contribution in [0.4, 0.5) is 9.59 Å². The van der Waals surface area contributed by atoms with Crippen molar-refractivity contribution in [1.29, 1.82) is 0 Å². The van der Waals surface area contributed by atoms with E-state index in [9.17, 15) is 14.4 Å². The number of rotatable bonds is 8. The summed E-state index contributed by atoms with van der Waals surface area (Å²) in [6.07, 6.45) is 4.45. The molecule has 1 aromatic carbocycles. The average molecular weight is 589 g/mol. The lowest BCUT2D eigenvalue weighted by molar-refractivity contribution is -0.732. The number of ether oxygens (including phenoxy) is 3. The molecule has 10 nitrogen and oxygen atoms in total. The van der Waals surface area contributed by atoms with E-state index in [1.165, 1.54) is 0 Å². The molecule has 11 heteroatoms. The Morgan fingerprint density at radius 3 is 2.54 bits per heavy atom. The second-order valence-corrected chi connectivity index (χ2v) is 12.0. The molecule has 1 atom stereocenters. The molecule has 0 spiro atoms. The number of carbonyl (C=O) groups is 3. The van der Waals surface area contributed by atoms with E-state index in [4.69, 9.17) is 14.2 Å². The molecule has 3 aromatic rings. The summed E-state index contributed by atoms with van der Waals surface area (Å²) in [5.74, 6) is 0.921. The number of carbonyl (C=O) groups excluding carboxylic acids is 3. The molecule has 1 unspecified atom stereocenters. The van der Waals surface area contributed by atoms with Crippen LogP contribution in [0.5, 0.6) is 0 Å². The molecule has 0 aliphatic heterocycles. The Kier molecular flexibility index (Phi) is 9.79. The molecule has 4 rings (SSSR count). The minimum atomic E-state index is -0.848. The van der Waals surface area contributed by atoms with Gasteiger partial charge < -0.3 is 36.5 Å². The quantitative estimate of drug-likeness (QED) is 0.318. The molecule has 224 valence electrons. The van der Waals surface area contributed by atoms with E-state index in [1.807, 2.05) is 49.1 Å². The summed E-state index contributed by atoms with van der Waals surface area (Å²) >= 11 is 0. The van der Waals surface area contributed by atoms with Crippen LogP contribution in [0.2, 0.25) is 0 Å². The predicted molar refractivity (Wildman–Crippen MR) is 149 cm³/mol. The molecular weight excluding hydrogens is 548 g/mol. The Labute approximate surface area is 247 Å². The fourth-order valence-corrected chi connectivity index (χ4v) is 5.15. The van der Waals surface area contributed by atoms with Crippen molar-refractivity contribution in [3.8, 4) is 0 Å². The summed E-state index contributed by atoms with van der Waals surface area (Å²) in [6, 6.07) is 8.06. The Morgan fingerprint density at radius 2 is 1.83 bits per heavy atom. The van der Waals surface area contributed by atoms with E-state index in [-0.39, 0.29) is 37.4 Å². The smallest absolute Gasteiger partial charge is 0.512 e. The van der Waals surface area contributed by atoms with Crippen molar-refractivity contribution in [2.75, 3.05) is 6.54 Å². The van der Waals surface area contributed by atoms with Gasteiger partial charge >= 0.3 is 12.2 Å². The number of para-hydroxylation sites is 1. The zero-order chi connectivity index (χ0) is 29.2. The van der Waals surface area contributed by atoms with Crippen molar-refractivity contribution < 1.29 is 45.6 Å². The molecule has 1 aliphatic carbocycles. The van der Waals surface area contributed by atoms with Gasteiger partial charge in [0.05, 0.1) is 5.92 Å². The zero-order valence-electron chi connectivity index (χ0n) is 25.0. The van der Waals surface area contributed by atoms with Crippen LogP contribution in [0.25, 0.3) is 10.9 Å². The molecular formula is C30H41ClN4O6. The van der Waals surface area contributed by atoms with Gasteiger partial charge in [0.1, 0.15) is 30.1 Å². The standard InChI is InChI=1S/C30H40N4O6.ClH/c1-20-33(18-21-12-13-24-25(26(21)35)22-10-8-9-11-23(22)32(24)7)16-17-34(20)19-38-28(37)40-30(5,6)14-15-31-27(36)39-29(2,3)4;/h8-11,16-17,21H,12-15,18-19H2,1-7H3;1H. The monoisotopic (exact) mass is 588 g/mol. The second-order valence-electron chi connectivity index (χ2n) is 12.0. The van der Waals surface area contributed by atoms with Crippen LogP contribution in [0.15, 0.2) is 36.7 Å². The SMILES string of the molecule is Cc1n(CC2CCc3c(c4ccccc4n3C)C2=O)cc[n+]1COC(=O)OC(C)(C)CCNC(=O)OC(C)(C)C.[Cl-]. The van der Waals surface area contributed by atoms with E-state index in [1.54, 1.807) is 39.2 Å². The van der Waals surface area contributed by atoms with Crippen molar-refractivity contribution in [2.45, 2.75) is 85.3 Å². The fourth-order valence-electron chi connectivity index (χ4n) is 5.15. The third-order valence-corrected chi connectivity index (χ3v) is 7.33. The summed E-state index contributed by atoms with van der Waals surface area (Å²) < 4.78 is 22.0. The largest absolute Gasteiger partial charge is 1.00 e. The lowest BCUT2D eigenvalue weighted by atomic mass is 9.85. The lowest BCUT2D eigenvalue weighted by Crippen LogP contribution is -3.00. The van der Waals surface area contributed by atoms with Crippen LogP contribution in [0.3, 0.4) is 0 Å². The summed E-state index contributed by atoms with van der Waals surface area (Å²) in [7, 11) is 2.03. The van der Waals surface area contributed by atoms with Crippen LogP contribution in [0.1, 0.15) is 69.3 Å². The first-order chi connectivity index (χ1) is 18.8. The van der Waals surface area contributed by atoms with Crippen LogP contribution < -0.4 is 22.3 Å². The first-order valence-electron chi connectivity index (χ1n) is 13.7. The van der Waals surface area contributed by atoms with Gasteiger partial charge in [-0.05, 0) is 53.5 Å². The number of nitrogens with one attached hydrogen (secondary N) is 1. The lowest BCUT2D eigenvalue weighted by Gasteiger charge is -2.25. The summed E-state index contributed by atoms with van der Waals surface area (Å²) in [5.41, 5.74) is 1.61. The van der Waals surface area contributed by atoms with Crippen molar-refractivity contribution in [2.24, 2.45) is 13.0 Å². The van der Waals surface area contributed by atoms with E-state index in [2.05, 4.69) is 16.0 Å². The number of hydrogen-bond donors (Lipinski definition) is 1. The van der Waals surface area contributed by atoms with E-state index >= 15 is 0 Å².